The van der Waals surface area contributed by atoms with E-state index in [4.69, 9.17) is 9.84 Å². The van der Waals surface area contributed by atoms with Gasteiger partial charge in [0.25, 0.3) is 0 Å². The summed E-state index contributed by atoms with van der Waals surface area (Å²) in [5.41, 5.74) is 0.204. The Bertz CT molecular complexity index is 751. The third-order valence-electron chi connectivity index (χ3n) is 3.87. The Labute approximate surface area is 132 Å². The summed E-state index contributed by atoms with van der Waals surface area (Å²) in [7, 11) is 1.57. The van der Waals surface area contributed by atoms with Crippen molar-refractivity contribution in [3.63, 3.8) is 0 Å². The Morgan fingerprint density at radius 2 is 2.13 bits per heavy atom. The molecule has 0 radical (unpaired) electrons. The fraction of sp³-hybridized carbons (Fsp3) is 0.333. The molecule has 0 unspecified atom stereocenters. The molecule has 0 spiro atoms. The number of nitrogens with one attached hydrogen (secondary N) is 1. The number of carboxylic acid groups (broad SMARTS) is 1. The zero-order valence-electron chi connectivity index (χ0n) is 12.5. The van der Waals surface area contributed by atoms with Crippen LogP contribution in [0.2, 0.25) is 0 Å². The number of hydrogen-bond donors (Lipinski definition) is 2. The van der Waals surface area contributed by atoms with Crippen molar-refractivity contribution in [2.75, 3.05) is 12.4 Å². The molecule has 1 amide bonds. The maximum absolute atomic E-state index is 12.6. The molecule has 0 saturated heterocycles. The molecular formula is C15H16N4O4. The zero-order chi connectivity index (χ0) is 16.4. The highest BCUT2D eigenvalue weighted by Gasteiger charge is 2.53. The number of methoxy groups -OCH3 is 1. The quantitative estimate of drug-likeness (QED) is 0.825. The van der Waals surface area contributed by atoms with Crippen LogP contribution in [0.4, 0.5) is 5.95 Å². The summed E-state index contributed by atoms with van der Waals surface area (Å²) < 4.78 is 6.49. The van der Waals surface area contributed by atoms with Gasteiger partial charge in [-0.25, -0.2) is 9.67 Å². The normalized spacial score (nSPS) is 15.0. The van der Waals surface area contributed by atoms with Gasteiger partial charge in [0.05, 0.1) is 12.5 Å². The van der Waals surface area contributed by atoms with Crippen molar-refractivity contribution in [3.05, 3.63) is 36.2 Å². The van der Waals surface area contributed by atoms with E-state index in [1.165, 1.54) is 6.33 Å². The van der Waals surface area contributed by atoms with Gasteiger partial charge in [-0.05, 0) is 18.9 Å². The van der Waals surface area contributed by atoms with E-state index in [0.717, 1.165) is 23.1 Å². The Hall–Kier alpha value is -2.90. The number of carboxylic acids is 1. The highest BCUT2D eigenvalue weighted by molar-refractivity contribution is 6.00. The molecule has 1 fully saturated rings. The number of rotatable bonds is 6. The van der Waals surface area contributed by atoms with Crippen LogP contribution in [0.25, 0.3) is 0 Å². The third-order valence-corrected chi connectivity index (χ3v) is 3.87. The van der Waals surface area contributed by atoms with Crippen LogP contribution in [0, 0.1) is 0 Å². The lowest BCUT2D eigenvalue weighted by molar-refractivity contribution is -0.137. The number of para-hydroxylation sites is 1. The molecule has 8 nitrogen and oxygen atoms in total. The van der Waals surface area contributed by atoms with Crippen molar-refractivity contribution < 1.29 is 19.4 Å². The van der Waals surface area contributed by atoms with Crippen molar-refractivity contribution in [2.24, 2.45) is 0 Å². The number of carbonyl (C=O) groups is 2. The van der Waals surface area contributed by atoms with Gasteiger partial charge in [-0.3, -0.25) is 14.9 Å². The van der Waals surface area contributed by atoms with Crippen LogP contribution in [0.15, 0.2) is 30.6 Å². The number of carbonyl (C=O) groups excluding carboxylic acids is 1. The SMILES string of the molecule is COc1ccccc1C1(C(=O)Nc2ncn(CC(=O)O)n2)CC1. The van der Waals surface area contributed by atoms with E-state index in [1.54, 1.807) is 7.11 Å². The number of nitrogens with zero attached hydrogens (tertiary/aromatic N) is 3. The Balaban J connectivity index is 1.78. The number of amides is 1. The second-order valence-electron chi connectivity index (χ2n) is 5.40. The van der Waals surface area contributed by atoms with Crippen LogP contribution in [-0.4, -0.2) is 38.9 Å². The third kappa shape index (κ3) is 2.87. The summed E-state index contributed by atoms with van der Waals surface area (Å²) in [6, 6.07) is 7.42. The molecular weight excluding hydrogens is 300 g/mol. The van der Waals surface area contributed by atoms with Gasteiger partial charge < -0.3 is 9.84 Å². The molecule has 1 saturated carbocycles. The van der Waals surface area contributed by atoms with Crippen molar-refractivity contribution in [3.8, 4) is 5.75 Å². The summed E-state index contributed by atoms with van der Waals surface area (Å²) >= 11 is 0. The monoisotopic (exact) mass is 316 g/mol. The van der Waals surface area contributed by atoms with E-state index in [1.807, 2.05) is 24.3 Å². The van der Waals surface area contributed by atoms with Gasteiger partial charge in [0, 0.05) is 5.56 Å². The summed E-state index contributed by atoms with van der Waals surface area (Å²) in [5.74, 6) is -0.475. The van der Waals surface area contributed by atoms with E-state index >= 15 is 0 Å². The van der Waals surface area contributed by atoms with Gasteiger partial charge >= 0.3 is 5.97 Å². The van der Waals surface area contributed by atoms with Crippen molar-refractivity contribution in [1.82, 2.24) is 14.8 Å². The molecule has 3 rings (SSSR count). The molecule has 1 aliphatic rings. The number of hydrogen-bond acceptors (Lipinski definition) is 5. The largest absolute Gasteiger partial charge is 0.496 e. The minimum absolute atomic E-state index is 0.0948. The maximum Gasteiger partial charge on any atom is 0.325 e. The fourth-order valence-corrected chi connectivity index (χ4v) is 2.57. The minimum Gasteiger partial charge on any atom is -0.496 e. The number of anilines is 1. The molecule has 23 heavy (non-hydrogen) atoms. The molecule has 1 aliphatic carbocycles. The lowest BCUT2D eigenvalue weighted by Crippen LogP contribution is -2.28. The Morgan fingerprint density at radius 1 is 1.39 bits per heavy atom. The molecule has 120 valence electrons. The Kier molecular flexibility index (Phi) is 3.73. The first kappa shape index (κ1) is 15.0. The summed E-state index contributed by atoms with van der Waals surface area (Å²) in [4.78, 5) is 27.2. The van der Waals surface area contributed by atoms with Gasteiger partial charge in [-0.1, -0.05) is 18.2 Å². The standard InChI is InChI=1S/C15H16N4O4/c1-23-11-5-3-2-4-10(11)15(6-7-15)13(22)17-14-16-9-19(18-14)8-12(20)21/h2-5,9H,6-8H2,1H3,(H,20,21)(H,17,18,22). The maximum atomic E-state index is 12.6. The predicted molar refractivity (Wildman–Crippen MR) is 80.2 cm³/mol. The second kappa shape index (κ2) is 5.71. The Morgan fingerprint density at radius 3 is 2.78 bits per heavy atom. The minimum atomic E-state index is -1.03. The van der Waals surface area contributed by atoms with Gasteiger partial charge in [0.2, 0.25) is 11.9 Å². The summed E-state index contributed by atoms with van der Waals surface area (Å²) in [6.45, 7) is -0.305. The lowest BCUT2D eigenvalue weighted by Gasteiger charge is -2.17. The van der Waals surface area contributed by atoms with Crippen LogP contribution in [0.5, 0.6) is 5.75 Å². The number of benzene rings is 1. The van der Waals surface area contributed by atoms with Crippen molar-refractivity contribution in [2.45, 2.75) is 24.8 Å². The van der Waals surface area contributed by atoms with Crippen LogP contribution in [0.3, 0.4) is 0 Å². The van der Waals surface area contributed by atoms with Crippen LogP contribution >= 0.6 is 0 Å². The number of aromatic nitrogens is 3. The number of aliphatic carboxylic acids is 1. The van der Waals surface area contributed by atoms with Gasteiger partial charge in [-0.15, -0.1) is 5.10 Å². The van der Waals surface area contributed by atoms with E-state index in [2.05, 4.69) is 15.4 Å². The molecule has 2 N–H and O–H groups in total. The van der Waals surface area contributed by atoms with E-state index < -0.39 is 11.4 Å². The van der Waals surface area contributed by atoms with Gasteiger partial charge in [0.1, 0.15) is 18.6 Å². The summed E-state index contributed by atoms with van der Waals surface area (Å²) in [6.07, 6.45) is 2.70. The first-order chi connectivity index (χ1) is 11.0. The molecule has 8 heteroatoms. The average molecular weight is 316 g/mol. The summed E-state index contributed by atoms with van der Waals surface area (Å²) in [5, 5.41) is 15.3. The van der Waals surface area contributed by atoms with Crippen molar-refractivity contribution in [1.29, 1.82) is 0 Å². The molecule has 1 heterocycles. The van der Waals surface area contributed by atoms with Crippen LogP contribution < -0.4 is 10.1 Å². The molecule has 0 atom stereocenters. The van der Waals surface area contributed by atoms with Crippen molar-refractivity contribution >= 4 is 17.8 Å². The smallest absolute Gasteiger partial charge is 0.325 e. The topological polar surface area (TPSA) is 106 Å². The highest BCUT2D eigenvalue weighted by atomic mass is 16.5. The van der Waals surface area contributed by atoms with Crippen LogP contribution in [0.1, 0.15) is 18.4 Å². The highest BCUT2D eigenvalue weighted by Crippen LogP contribution is 2.51. The lowest BCUT2D eigenvalue weighted by atomic mass is 9.94. The number of ether oxygens (including phenoxy) is 1. The van der Waals surface area contributed by atoms with Gasteiger partial charge in [0.15, 0.2) is 0 Å². The van der Waals surface area contributed by atoms with Gasteiger partial charge in [-0.2, -0.15) is 0 Å². The van der Waals surface area contributed by atoms with E-state index in [-0.39, 0.29) is 18.4 Å². The first-order valence-electron chi connectivity index (χ1n) is 7.11. The van der Waals surface area contributed by atoms with Crippen LogP contribution in [-0.2, 0) is 21.5 Å². The van der Waals surface area contributed by atoms with E-state index in [9.17, 15) is 9.59 Å². The molecule has 0 aliphatic heterocycles. The predicted octanol–water partition coefficient (Wildman–Crippen LogP) is 1.04. The molecule has 2 aromatic rings. The second-order valence-corrected chi connectivity index (χ2v) is 5.40. The average Bonchev–Trinajstić information content (AvgIpc) is 3.24. The molecule has 1 aromatic carbocycles. The fourth-order valence-electron chi connectivity index (χ4n) is 2.57. The first-order valence-corrected chi connectivity index (χ1v) is 7.11. The van der Waals surface area contributed by atoms with E-state index in [0.29, 0.717) is 5.75 Å². The molecule has 0 bridgehead atoms. The zero-order valence-corrected chi connectivity index (χ0v) is 12.5. The molecule has 1 aromatic heterocycles.